The molecule has 1 fully saturated rings. The monoisotopic (exact) mass is 290 g/mol. The van der Waals surface area contributed by atoms with E-state index in [0.717, 1.165) is 25.0 Å². The first-order valence-corrected chi connectivity index (χ1v) is 7.29. The van der Waals surface area contributed by atoms with Gasteiger partial charge in [0, 0.05) is 19.2 Å². The zero-order valence-electron chi connectivity index (χ0n) is 12.3. The number of amides is 1. The first-order chi connectivity index (χ1) is 10.2. The number of rotatable bonds is 6. The molecule has 0 aromatic heterocycles. The molecule has 1 aromatic carbocycles. The van der Waals surface area contributed by atoms with Crippen LogP contribution in [0.5, 0.6) is 5.75 Å². The molecule has 1 aromatic rings. The van der Waals surface area contributed by atoms with Gasteiger partial charge in [-0.2, -0.15) is 0 Å². The number of anilines is 1. The van der Waals surface area contributed by atoms with Gasteiger partial charge in [0.15, 0.2) is 0 Å². The Kier molecular flexibility index (Phi) is 5.63. The topological polar surface area (TPSA) is 73.6 Å². The van der Waals surface area contributed by atoms with Crippen molar-refractivity contribution in [1.82, 2.24) is 5.32 Å². The molecule has 0 spiro atoms. The van der Waals surface area contributed by atoms with Crippen LogP contribution in [0.15, 0.2) is 24.3 Å². The average molecular weight is 290 g/mol. The largest absolute Gasteiger partial charge is 0.492 e. The maximum Gasteiger partial charge on any atom is 0.244 e. The summed E-state index contributed by atoms with van der Waals surface area (Å²) in [5, 5.41) is 2.83. The highest BCUT2D eigenvalue weighted by Crippen LogP contribution is 2.23. The molecule has 1 aliphatic rings. The van der Waals surface area contributed by atoms with Crippen LogP contribution in [0.3, 0.4) is 0 Å². The molecule has 1 amide bonds. The Morgan fingerprint density at radius 3 is 3.10 bits per heavy atom. The van der Waals surface area contributed by atoms with Crippen LogP contribution in [-0.2, 0) is 9.53 Å². The highest BCUT2D eigenvalue weighted by molar-refractivity contribution is 5.91. The van der Waals surface area contributed by atoms with Gasteiger partial charge in [-0.25, -0.2) is 0 Å². The molecular weight excluding hydrogens is 268 g/mol. The number of ether oxygens (including phenoxy) is 2. The second-order valence-electron chi connectivity index (χ2n) is 4.94. The summed E-state index contributed by atoms with van der Waals surface area (Å²) in [5.41, 5.74) is 7.31. The van der Waals surface area contributed by atoms with Gasteiger partial charge in [0.2, 0.25) is 5.91 Å². The molecule has 0 radical (unpaired) electrons. The maximum absolute atomic E-state index is 11.7. The second-order valence-corrected chi connectivity index (χ2v) is 4.94. The van der Waals surface area contributed by atoms with Gasteiger partial charge in [0.05, 0.1) is 18.4 Å². The molecule has 1 heterocycles. The van der Waals surface area contributed by atoms with E-state index in [1.807, 2.05) is 19.1 Å². The van der Waals surface area contributed by atoms with Crippen LogP contribution >= 0.6 is 0 Å². The third-order valence-corrected chi connectivity index (χ3v) is 3.29. The van der Waals surface area contributed by atoms with Gasteiger partial charge in [-0.05, 0) is 43.5 Å². The van der Waals surface area contributed by atoms with Crippen LogP contribution < -0.4 is 15.8 Å². The molecule has 3 N–H and O–H groups in total. The van der Waals surface area contributed by atoms with Gasteiger partial charge in [0.1, 0.15) is 5.75 Å². The molecular formula is C16H22N2O3. The van der Waals surface area contributed by atoms with Gasteiger partial charge in [0.25, 0.3) is 0 Å². The fourth-order valence-corrected chi connectivity index (χ4v) is 2.21. The van der Waals surface area contributed by atoms with Crippen molar-refractivity contribution in [2.24, 2.45) is 0 Å². The lowest BCUT2D eigenvalue weighted by Gasteiger charge is -2.09. The number of nitrogen functional groups attached to an aromatic ring is 1. The maximum atomic E-state index is 11.7. The number of nitrogens with two attached hydrogens (primary N) is 1. The van der Waals surface area contributed by atoms with E-state index < -0.39 is 0 Å². The summed E-state index contributed by atoms with van der Waals surface area (Å²) in [7, 11) is 0. The molecule has 0 aliphatic carbocycles. The molecule has 1 aliphatic heterocycles. The lowest BCUT2D eigenvalue weighted by Crippen LogP contribution is -2.30. The van der Waals surface area contributed by atoms with E-state index in [1.165, 1.54) is 6.08 Å². The van der Waals surface area contributed by atoms with Gasteiger partial charge in [-0.3, -0.25) is 4.79 Å². The lowest BCUT2D eigenvalue weighted by atomic mass is 10.1. The van der Waals surface area contributed by atoms with E-state index in [-0.39, 0.29) is 12.0 Å². The Morgan fingerprint density at radius 1 is 1.57 bits per heavy atom. The summed E-state index contributed by atoms with van der Waals surface area (Å²) in [6.45, 7) is 3.84. The summed E-state index contributed by atoms with van der Waals surface area (Å²) in [5.74, 6) is 0.537. The van der Waals surface area contributed by atoms with E-state index in [2.05, 4.69) is 5.32 Å². The molecule has 0 bridgehead atoms. The van der Waals surface area contributed by atoms with Crippen molar-refractivity contribution >= 4 is 17.7 Å². The first-order valence-electron chi connectivity index (χ1n) is 7.29. The van der Waals surface area contributed by atoms with Crippen LogP contribution in [0.4, 0.5) is 5.69 Å². The standard InChI is InChI=1S/C16H22N2O3/c1-2-20-15-7-5-12(10-14(15)17)6-8-16(19)18-11-13-4-3-9-21-13/h5-8,10,13H,2-4,9,11,17H2,1H3,(H,18,19)/b8-6-. The number of carbonyl (C=O) groups excluding carboxylic acids is 1. The van der Waals surface area contributed by atoms with Crippen LogP contribution in [0.25, 0.3) is 6.08 Å². The Hall–Kier alpha value is -2.01. The predicted octanol–water partition coefficient (Wildman–Crippen LogP) is 1.98. The van der Waals surface area contributed by atoms with Crippen LogP contribution in [0.2, 0.25) is 0 Å². The molecule has 1 saturated heterocycles. The summed E-state index contributed by atoms with van der Waals surface area (Å²) in [4.78, 5) is 11.7. The quantitative estimate of drug-likeness (QED) is 0.620. The van der Waals surface area contributed by atoms with Crippen LogP contribution in [0.1, 0.15) is 25.3 Å². The number of carbonyl (C=O) groups is 1. The minimum Gasteiger partial charge on any atom is -0.492 e. The van der Waals surface area contributed by atoms with Crippen molar-refractivity contribution in [2.75, 3.05) is 25.5 Å². The highest BCUT2D eigenvalue weighted by Gasteiger charge is 2.15. The van der Waals surface area contributed by atoms with Crippen molar-refractivity contribution in [1.29, 1.82) is 0 Å². The second kappa shape index (κ2) is 7.69. The Labute approximate surface area is 125 Å². The van der Waals surface area contributed by atoms with Gasteiger partial charge in [-0.1, -0.05) is 6.07 Å². The van der Waals surface area contributed by atoms with E-state index in [1.54, 1.807) is 12.1 Å². The Morgan fingerprint density at radius 2 is 2.43 bits per heavy atom. The molecule has 5 nitrogen and oxygen atoms in total. The summed E-state index contributed by atoms with van der Waals surface area (Å²) in [6.07, 6.45) is 5.48. The molecule has 21 heavy (non-hydrogen) atoms. The first kappa shape index (κ1) is 15.4. The van der Waals surface area contributed by atoms with E-state index in [4.69, 9.17) is 15.2 Å². The average Bonchev–Trinajstić information content (AvgIpc) is 2.99. The predicted molar refractivity (Wildman–Crippen MR) is 83.0 cm³/mol. The fourth-order valence-electron chi connectivity index (χ4n) is 2.21. The molecule has 5 heteroatoms. The molecule has 114 valence electrons. The van der Waals surface area contributed by atoms with Gasteiger partial charge in [-0.15, -0.1) is 0 Å². The number of benzene rings is 1. The fraction of sp³-hybridized carbons (Fsp3) is 0.438. The van der Waals surface area contributed by atoms with Gasteiger partial charge >= 0.3 is 0 Å². The van der Waals surface area contributed by atoms with Crippen molar-refractivity contribution in [3.05, 3.63) is 29.8 Å². The van der Waals surface area contributed by atoms with Gasteiger partial charge < -0.3 is 20.5 Å². The molecule has 1 unspecified atom stereocenters. The summed E-state index contributed by atoms with van der Waals surface area (Å²) in [6, 6.07) is 5.46. The molecule has 0 saturated carbocycles. The Balaban J connectivity index is 1.84. The van der Waals surface area contributed by atoms with E-state index >= 15 is 0 Å². The molecule has 1 atom stereocenters. The lowest BCUT2D eigenvalue weighted by molar-refractivity contribution is -0.116. The number of hydrogen-bond donors (Lipinski definition) is 2. The summed E-state index contributed by atoms with van der Waals surface area (Å²) < 4.78 is 10.8. The zero-order valence-corrected chi connectivity index (χ0v) is 12.3. The smallest absolute Gasteiger partial charge is 0.244 e. The van der Waals surface area contributed by atoms with Crippen LogP contribution in [0, 0.1) is 0 Å². The van der Waals surface area contributed by atoms with Crippen molar-refractivity contribution in [3.63, 3.8) is 0 Å². The van der Waals surface area contributed by atoms with Crippen molar-refractivity contribution in [2.45, 2.75) is 25.9 Å². The minimum absolute atomic E-state index is 0.127. The molecule has 2 rings (SSSR count). The van der Waals surface area contributed by atoms with Crippen LogP contribution in [-0.4, -0.2) is 31.8 Å². The number of nitrogens with one attached hydrogen (secondary N) is 1. The van der Waals surface area contributed by atoms with Crippen molar-refractivity contribution in [3.8, 4) is 5.75 Å². The van der Waals surface area contributed by atoms with Crippen molar-refractivity contribution < 1.29 is 14.3 Å². The number of hydrogen-bond acceptors (Lipinski definition) is 4. The minimum atomic E-state index is -0.127. The van der Waals surface area contributed by atoms with E-state index in [0.29, 0.717) is 24.6 Å². The Bertz CT molecular complexity index is 508. The SMILES string of the molecule is CCOc1ccc(/C=C\C(=O)NCC2CCCO2)cc1N. The summed E-state index contributed by atoms with van der Waals surface area (Å²) >= 11 is 0. The zero-order chi connectivity index (χ0) is 15.1. The normalized spacial score (nSPS) is 18.0. The van der Waals surface area contributed by atoms with E-state index in [9.17, 15) is 4.79 Å². The highest BCUT2D eigenvalue weighted by atomic mass is 16.5. The third kappa shape index (κ3) is 4.79. The third-order valence-electron chi connectivity index (χ3n) is 3.29.